The van der Waals surface area contributed by atoms with E-state index < -0.39 is 12.4 Å². The summed E-state index contributed by atoms with van der Waals surface area (Å²) in [5.41, 5.74) is 4.84. The van der Waals surface area contributed by atoms with Crippen LogP contribution >= 0.6 is 0 Å². The van der Waals surface area contributed by atoms with Crippen LogP contribution in [0.1, 0.15) is 65.0 Å². The molecule has 7 nitrogen and oxygen atoms in total. The number of likely N-dealkylation sites (N-methyl/N-ethyl adjacent to an activating group) is 1. The molecule has 1 saturated heterocycles. The van der Waals surface area contributed by atoms with E-state index >= 15 is 0 Å². The molecule has 1 aliphatic rings. The van der Waals surface area contributed by atoms with Crippen LogP contribution in [0.5, 0.6) is 0 Å². The Kier molecular flexibility index (Phi) is 10.0. The fraction of sp³-hybridized carbons (Fsp3) is 0.306. The van der Waals surface area contributed by atoms with E-state index in [4.69, 9.17) is 9.47 Å². The lowest BCUT2D eigenvalue weighted by Gasteiger charge is -2.43. The first-order valence-electron chi connectivity index (χ1n) is 14.7. The molecule has 224 valence electrons. The third kappa shape index (κ3) is 7.39. The maximum absolute atomic E-state index is 12.6. The number of rotatable bonds is 10. The molecule has 7 heteroatoms. The number of amides is 1. The third-order valence-corrected chi connectivity index (χ3v) is 8.36. The van der Waals surface area contributed by atoms with E-state index in [0.717, 1.165) is 22.3 Å². The predicted octanol–water partition coefficient (Wildman–Crippen LogP) is 6.28. The summed E-state index contributed by atoms with van der Waals surface area (Å²) in [7, 11) is 2.01. The minimum atomic E-state index is -0.641. The molecule has 0 radical (unpaired) electrons. The van der Waals surface area contributed by atoms with Crippen molar-refractivity contribution in [1.29, 1.82) is 0 Å². The lowest BCUT2D eigenvalue weighted by atomic mass is 9.89. The number of benzene rings is 4. The number of anilines is 1. The van der Waals surface area contributed by atoms with Crippen molar-refractivity contribution in [3.05, 3.63) is 137 Å². The van der Waals surface area contributed by atoms with E-state index in [0.29, 0.717) is 17.8 Å². The first kappa shape index (κ1) is 30.6. The molecular weight excluding hydrogens is 540 g/mol. The maximum Gasteiger partial charge on any atom is 0.255 e. The van der Waals surface area contributed by atoms with Gasteiger partial charge in [-0.3, -0.25) is 9.69 Å². The number of carbonyl (C=O) groups excluding carboxylic acids is 1. The summed E-state index contributed by atoms with van der Waals surface area (Å²) < 4.78 is 13.2. The van der Waals surface area contributed by atoms with Gasteiger partial charge < -0.3 is 25.0 Å². The molecule has 1 amide bonds. The molecule has 0 saturated carbocycles. The van der Waals surface area contributed by atoms with Gasteiger partial charge in [0.2, 0.25) is 0 Å². The quantitative estimate of drug-likeness (QED) is 0.205. The molecule has 0 bridgehead atoms. The molecule has 43 heavy (non-hydrogen) atoms. The number of nitrogens with zero attached hydrogens (tertiary/aromatic N) is 1. The number of carbonyl (C=O) groups is 1. The second-order valence-corrected chi connectivity index (χ2v) is 11.3. The molecular formula is C36H40N2O5. The fourth-order valence-corrected chi connectivity index (χ4v) is 5.46. The van der Waals surface area contributed by atoms with Crippen LogP contribution in [-0.2, 0) is 16.1 Å². The van der Waals surface area contributed by atoms with Crippen LogP contribution in [0.15, 0.2) is 109 Å². The molecule has 5 rings (SSSR count). The van der Waals surface area contributed by atoms with Crippen molar-refractivity contribution in [3.8, 4) is 0 Å². The second-order valence-electron chi connectivity index (χ2n) is 11.3. The number of hydrogen-bond donors (Lipinski definition) is 3. The first-order valence-corrected chi connectivity index (χ1v) is 14.7. The van der Waals surface area contributed by atoms with Gasteiger partial charge in [0.15, 0.2) is 6.29 Å². The second kappa shape index (κ2) is 14.1. The van der Waals surface area contributed by atoms with Crippen molar-refractivity contribution in [2.45, 2.75) is 51.1 Å². The van der Waals surface area contributed by atoms with Crippen LogP contribution < -0.4 is 5.32 Å². The number of hydrogen-bond acceptors (Lipinski definition) is 6. The van der Waals surface area contributed by atoms with Gasteiger partial charge in [0.05, 0.1) is 24.9 Å². The van der Waals surface area contributed by atoms with E-state index in [1.54, 1.807) is 12.1 Å². The maximum atomic E-state index is 12.6. The highest BCUT2D eigenvalue weighted by atomic mass is 16.7. The Labute approximate surface area is 253 Å². The lowest BCUT2D eigenvalue weighted by molar-refractivity contribution is -0.276. The number of nitrogens with one attached hydrogen (secondary N) is 1. The lowest BCUT2D eigenvalue weighted by Crippen LogP contribution is -2.46. The number of ether oxygens (including phenoxy) is 2. The van der Waals surface area contributed by atoms with Crippen LogP contribution in [0.2, 0.25) is 0 Å². The SMILES string of the molecule is C[C@H]1[C@@H](CN(C)[C@@H](C)[C@H](O)c2ccccc2)O[C@@H](c2ccc(NC(=O)c3ccccc3)cc2)O[C@H]1c1ccc(CO)cc1. The Balaban J connectivity index is 1.35. The summed E-state index contributed by atoms with van der Waals surface area (Å²) in [6.45, 7) is 4.71. The molecule has 1 heterocycles. The summed E-state index contributed by atoms with van der Waals surface area (Å²) in [5, 5.41) is 23.5. The Morgan fingerprint density at radius 3 is 2.09 bits per heavy atom. The largest absolute Gasteiger partial charge is 0.392 e. The Bertz CT molecular complexity index is 1450. The summed E-state index contributed by atoms with van der Waals surface area (Å²) in [4.78, 5) is 14.8. The van der Waals surface area contributed by atoms with E-state index in [1.807, 2.05) is 111 Å². The van der Waals surface area contributed by atoms with Gasteiger partial charge in [0.1, 0.15) is 0 Å². The minimum absolute atomic E-state index is 0.00387. The van der Waals surface area contributed by atoms with E-state index in [9.17, 15) is 15.0 Å². The number of aliphatic hydroxyl groups is 2. The van der Waals surface area contributed by atoms with Crippen molar-refractivity contribution in [2.24, 2.45) is 5.92 Å². The molecule has 1 aliphatic heterocycles. The number of aliphatic hydroxyl groups excluding tert-OH is 2. The monoisotopic (exact) mass is 580 g/mol. The van der Waals surface area contributed by atoms with Gasteiger partial charge in [0.25, 0.3) is 5.91 Å². The van der Waals surface area contributed by atoms with Gasteiger partial charge in [-0.25, -0.2) is 0 Å². The molecule has 0 spiro atoms. The highest BCUT2D eigenvalue weighted by molar-refractivity contribution is 6.04. The van der Waals surface area contributed by atoms with Gasteiger partial charge >= 0.3 is 0 Å². The average Bonchev–Trinajstić information content (AvgIpc) is 3.06. The van der Waals surface area contributed by atoms with Crippen LogP contribution in [0.25, 0.3) is 0 Å². The van der Waals surface area contributed by atoms with Gasteiger partial charge in [-0.15, -0.1) is 0 Å². The summed E-state index contributed by atoms with van der Waals surface area (Å²) in [6, 6.07) is 34.0. The van der Waals surface area contributed by atoms with Gasteiger partial charge in [-0.1, -0.05) is 91.9 Å². The molecule has 0 aliphatic carbocycles. The van der Waals surface area contributed by atoms with Crippen LogP contribution in [0, 0.1) is 5.92 Å². The summed E-state index contributed by atoms with van der Waals surface area (Å²) >= 11 is 0. The smallest absolute Gasteiger partial charge is 0.255 e. The molecule has 1 fully saturated rings. The highest BCUT2D eigenvalue weighted by Gasteiger charge is 2.39. The Morgan fingerprint density at radius 2 is 1.47 bits per heavy atom. The van der Waals surface area contributed by atoms with Crippen LogP contribution in [-0.4, -0.2) is 46.8 Å². The topological polar surface area (TPSA) is 91.3 Å². The van der Waals surface area contributed by atoms with E-state index in [1.165, 1.54) is 0 Å². The molecule has 0 unspecified atom stereocenters. The Morgan fingerprint density at radius 1 is 0.860 bits per heavy atom. The zero-order valence-corrected chi connectivity index (χ0v) is 24.8. The van der Waals surface area contributed by atoms with E-state index in [-0.39, 0.29) is 36.7 Å². The van der Waals surface area contributed by atoms with Crippen LogP contribution in [0.4, 0.5) is 5.69 Å². The van der Waals surface area contributed by atoms with Gasteiger partial charge in [-0.2, -0.15) is 0 Å². The third-order valence-electron chi connectivity index (χ3n) is 8.36. The molecule has 4 aromatic rings. The van der Waals surface area contributed by atoms with Crippen molar-refractivity contribution in [1.82, 2.24) is 4.90 Å². The standard InChI is InChI=1S/C36H40N2O5/c1-24-32(22-38(3)25(2)33(40)27-10-6-4-7-11-27)42-36(43-34(24)28-16-14-26(23-39)15-17-28)30-18-20-31(21-19-30)37-35(41)29-12-8-5-9-13-29/h4-21,24-25,32-34,36,39-40H,22-23H2,1-3H3,(H,37,41)/t24-,25-,32+,33-,34+,36+/m0/s1. The molecule has 0 aromatic heterocycles. The van der Waals surface area contributed by atoms with Crippen molar-refractivity contribution in [2.75, 3.05) is 18.9 Å². The van der Waals surface area contributed by atoms with E-state index in [2.05, 4.69) is 17.1 Å². The molecule has 6 atom stereocenters. The van der Waals surface area contributed by atoms with Crippen molar-refractivity contribution in [3.63, 3.8) is 0 Å². The van der Waals surface area contributed by atoms with Crippen molar-refractivity contribution < 1.29 is 24.5 Å². The summed E-state index contributed by atoms with van der Waals surface area (Å²) in [5.74, 6) is -0.169. The Hall–Kier alpha value is -3.85. The van der Waals surface area contributed by atoms with Gasteiger partial charge in [-0.05, 0) is 54.9 Å². The average molecular weight is 581 g/mol. The molecule has 3 N–H and O–H groups in total. The highest BCUT2D eigenvalue weighted by Crippen LogP contribution is 2.42. The van der Waals surface area contributed by atoms with Crippen LogP contribution in [0.3, 0.4) is 0 Å². The predicted molar refractivity (Wildman–Crippen MR) is 167 cm³/mol. The zero-order valence-electron chi connectivity index (χ0n) is 24.8. The summed E-state index contributed by atoms with van der Waals surface area (Å²) in [6.07, 6.45) is -1.73. The fourth-order valence-electron chi connectivity index (χ4n) is 5.46. The molecule has 4 aromatic carbocycles. The normalized spacial score (nSPS) is 21.7. The van der Waals surface area contributed by atoms with Crippen molar-refractivity contribution >= 4 is 11.6 Å². The first-order chi connectivity index (χ1) is 20.8. The minimum Gasteiger partial charge on any atom is -0.392 e. The van der Waals surface area contributed by atoms with Gasteiger partial charge in [0, 0.05) is 35.3 Å². The zero-order chi connectivity index (χ0) is 30.3.